The van der Waals surface area contributed by atoms with Crippen molar-refractivity contribution in [1.82, 2.24) is 14.7 Å². The summed E-state index contributed by atoms with van der Waals surface area (Å²) in [5.41, 5.74) is 2.46. The lowest BCUT2D eigenvalue weighted by Crippen LogP contribution is -2.56. The smallest absolute Gasteiger partial charge is 0.328 e. The first-order valence-electron chi connectivity index (χ1n) is 12.3. The molecule has 1 spiro atoms. The number of phenols is 1. The summed E-state index contributed by atoms with van der Waals surface area (Å²) < 4.78 is 0. The van der Waals surface area contributed by atoms with Crippen molar-refractivity contribution in [2.75, 3.05) is 19.6 Å². The predicted molar refractivity (Wildman–Crippen MR) is 135 cm³/mol. The molecular weight excluding hydrogens is 438 g/mol. The van der Waals surface area contributed by atoms with Gasteiger partial charge in [0, 0.05) is 26.2 Å². The van der Waals surface area contributed by atoms with Gasteiger partial charge in [0.15, 0.2) is 0 Å². The van der Waals surface area contributed by atoms with E-state index in [-0.39, 0.29) is 17.7 Å². The third kappa shape index (κ3) is 4.80. The van der Waals surface area contributed by atoms with Gasteiger partial charge in [0.2, 0.25) is 0 Å². The molecule has 2 fully saturated rings. The Labute approximate surface area is 206 Å². The van der Waals surface area contributed by atoms with Crippen molar-refractivity contribution in [1.29, 1.82) is 0 Å². The summed E-state index contributed by atoms with van der Waals surface area (Å²) in [5.74, 6) is 0.192. The number of rotatable bonds is 7. The van der Waals surface area contributed by atoms with Crippen LogP contribution >= 0.6 is 0 Å². The molecule has 3 aromatic carbocycles. The maximum atomic E-state index is 13.8. The Hall–Kier alpha value is -3.64. The van der Waals surface area contributed by atoms with Crippen LogP contribution in [0.3, 0.4) is 0 Å². The van der Waals surface area contributed by atoms with Gasteiger partial charge in [-0.2, -0.15) is 0 Å². The second-order valence-electron chi connectivity index (χ2n) is 9.52. The fraction of sp³-hybridized carbons (Fsp3) is 0.310. The molecule has 2 aliphatic heterocycles. The molecule has 0 saturated carbocycles. The second kappa shape index (κ2) is 9.92. The van der Waals surface area contributed by atoms with Crippen LogP contribution in [0.15, 0.2) is 84.9 Å². The quantitative estimate of drug-likeness (QED) is 0.520. The second-order valence-corrected chi connectivity index (χ2v) is 9.52. The minimum atomic E-state index is -0.786. The van der Waals surface area contributed by atoms with Gasteiger partial charge in [-0.3, -0.25) is 14.6 Å². The Morgan fingerprint density at radius 2 is 1.29 bits per heavy atom. The molecule has 6 nitrogen and oxygen atoms in total. The summed E-state index contributed by atoms with van der Waals surface area (Å²) in [5, 5.41) is 9.56. The largest absolute Gasteiger partial charge is 0.508 e. The molecule has 35 heavy (non-hydrogen) atoms. The zero-order valence-electron chi connectivity index (χ0n) is 19.8. The van der Waals surface area contributed by atoms with E-state index in [0.717, 1.165) is 42.7 Å². The third-order valence-electron chi connectivity index (χ3n) is 7.30. The van der Waals surface area contributed by atoms with Gasteiger partial charge >= 0.3 is 6.03 Å². The molecule has 3 amide bonds. The van der Waals surface area contributed by atoms with Crippen LogP contribution in [0.25, 0.3) is 0 Å². The molecule has 0 unspecified atom stereocenters. The van der Waals surface area contributed by atoms with Gasteiger partial charge < -0.3 is 10.0 Å². The number of likely N-dealkylation sites (tertiary alicyclic amines) is 1. The molecule has 3 aromatic rings. The number of phenolic OH excluding ortho intramolecular Hbond substituents is 1. The number of carbonyl (C=O) groups excluding carboxylic acids is 2. The lowest BCUT2D eigenvalue weighted by molar-refractivity contribution is -0.136. The summed E-state index contributed by atoms with van der Waals surface area (Å²) in [6, 6.07) is 26.9. The van der Waals surface area contributed by atoms with Crippen molar-refractivity contribution in [3.8, 4) is 5.75 Å². The van der Waals surface area contributed by atoms with Crippen molar-refractivity contribution in [3.05, 3.63) is 102 Å². The van der Waals surface area contributed by atoms with Crippen LogP contribution < -0.4 is 0 Å². The number of urea groups is 1. The van der Waals surface area contributed by atoms with Gasteiger partial charge in [0.05, 0.1) is 6.54 Å². The zero-order valence-corrected chi connectivity index (χ0v) is 19.8. The van der Waals surface area contributed by atoms with Crippen LogP contribution in [-0.4, -0.2) is 56.9 Å². The molecule has 5 rings (SSSR count). The minimum absolute atomic E-state index is 0.0660. The first-order valence-corrected chi connectivity index (χ1v) is 12.3. The number of hydrogen-bond donors (Lipinski definition) is 1. The van der Waals surface area contributed by atoms with Gasteiger partial charge in [0.1, 0.15) is 11.3 Å². The monoisotopic (exact) mass is 469 g/mol. The molecule has 180 valence electrons. The van der Waals surface area contributed by atoms with E-state index in [9.17, 15) is 14.7 Å². The summed E-state index contributed by atoms with van der Waals surface area (Å²) in [6.45, 7) is 3.06. The Kier molecular flexibility index (Phi) is 6.55. The summed E-state index contributed by atoms with van der Waals surface area (Å²) in [4.78, 5) is 33.1. The molecule has 2 aliphatic rings. The van der Waals surface area contributed by atoms with Crippen molar-refractivity contribution >= 4 is 11.9 Å². The molecule has 0 aliphatic carbocycles. The zero-order chi connectivity index (χ0) is 24.3. The molecule has 0 radical (unpaired) electrons. The average molecular weight is 470 g/mol. The summed E-state index contributed by atoms with van der Waals surface area (Å²) in [6.07, 6.45) is 1.96. The maximum absolute atomic E-state index is 13.8. The average Bonchev–Trinajstić information content (AvgIpc) is 3.07. The van der Waals surface area contributed by atoms with Gasteiger partial charge in [-0.15, -0.1) is 0 Å². The van der Waals surface area contributed by atoms with Crippen LogP contribution in [-0.2, 0) is 24.3 Å². The highest BCUT2D eigenvalue weighted by atomic mass is 16.3. The number of nitrogens with zero attached hydrogens (tertiary/aromatic N) is 3. The Balaban J connectivity index is 1.34. The number of hydrogen-bond acceptors (Lipinski definition) is 4. The maximum Gasteiger partial charge on any atom is 0.328 e. The van der Waals surface area contributed by atoms with Crippen LogP contribution in [0, 0.1) is 0 Å². The van der Waals surface area contributed by atoms with E-state index in [1.54, 1.807) is 12.1 Å². The number of imide groups is 1. The molecular formula is C29H31N3O3. The molecule has 0 bridgehead atoms. The highest BCUT2D eigenvalue weighted by Crippen LogP contribution is 2.38. The van der Waals surface area contributed by atoms with E-state index in [1.807, 2.05) is 65.6 Å². The van der Waals surface area contributed by atoms with Crippen LogP contribution in [0.5, 0.6) is 5.75 Å². The highest BCUT2D eigenvalue weighted by molar-refractivity contribution is 6.07. The molecule has 2 heterocycles. The summed E-state index contributed by atoms with van der Waals surface area (Å²) >= 11 is 0. The van der Waals surface area contributed by atoms with Crippen LogP contribution in [0.4, 0.5) is 4.79 Å². The van der Waals surface area contributed by atoms with Gasteiger partial charge in [-0.25, -0.2) is 4.79 Å². The van der Waals surface area contributed by atoms with Gasteiger partial charge in [-0.05, 0) is 48.1 Å². The first-order chi connectivity index (χ1) is 17.0. The lowest BCUT2D eigenvalue weighted by Gasteiger charge is -2.42. The highest BCUT2D eigenvalue weighted by Gasteiger charge is 2.57. The Morgan fingerprint density at radius 1 is 0.714 bits per heavy atom. The normalized spacial score (nSPS) is 17.9. The van der Waals surface area contributed by atoms with Crippen molar-refractivity contribution in [2.45, 2.75) is 37.9 Å². The SMILES string of the molecule is O=C1N(Cc2ccccc2)C(=O)C2(CCN(Cc3ccc(O)cc3)CC2)N1CCc1ccccc1. The van der Waals surface area contributed by atoms with Crippen LogP contribution in [0.1, 0.15) is 29.5 Å². The molecule has 2 saturated heterocycles. The Bertz CT molecular complexity index is 1160. The van der Waals surface area contributed by atoms with Crippen molar-refractivity contribution < 1.29 is 14.7 Å². The molecule has 0 atom stereocenters. The number of aromatic hydroxyl groups is 1. The van der Waals surface area contributed by atoms with Crippen molar-refractivity contribution in [3.63, 3.8) is 0 Å². The van der Waals surface area contributed by atoms with E-state index in [0.29, 0.717) is 25.9 Å². The van der Waals surface area contributed by atoms with E-state index in [4.69, 9.17) is 0 Å². The summed E-state index contributed by atoms with van der Waals surface area (Å²) in [7, 11) is 0. The van der Waals surface area contributed by atoms with E-state index < -0.39 is 5.54 Å². The third-order valence-corrected chi connectivity index (χ3v) is 7.30. The van der Waals surface area contributed by atoms with Gasteiger partial charge in [0.25, 0.3) is 5.91 Å². The molecule has 1 N–H and O–H groups in total. The van der Waals surface area contributed by atoms with E-state index >= 15 is 0 Å². The molecule has 6 heteroatoms. The first kappa shape index (κ1) is 23.1. The number of amides is 3. The fourth-order valence-corrected chi connectivity index (χ4v) is 5.31. The van der Waals surface area contributed by atoms with E-state index in [1.165, 1.54) is 4.90 Å². The topological polar surface area (TPSA) is 64.1 Å². The van der Waals surface area contributed by atoms with Gasteiger partial charge in [-0.1, -0.05) is 72.8 Å². The Morgan fingerprint density at radius 3 is 1.91 bits per heavy atom. The number of piperidine rings is 1. The van der Waals surface area contributed by atoms with Crippen LogP contribution in [0.2, 0.25) is 0 Å². The fourth-order valence-electron chi connectivity index (χ4n) is 5.31. The standard InChI is InChI=1S/C29H31N3O3/c33-26-13-11-25(12-14-26)21-30-19-16-29(17-20-30)27(34)31(22-24-9-5-2-6-10-24)28(35)32(29)18-15-23-7-3-1-4-8-23/h1-14,33H,15-22H2. The minimum Gasteiger partial charge on any atom is -0.508 e. The predicted octanol–water partition coefficient (Wildman–Crippen LogP) is 4.43. The van der Waals surface area contributed by atoms with E-state index in [2.05, 4.69) is 17.0 Å². The lowest BCUT2D eigenvalue weighted by atomic mass is 9.85. The number of benzene rings is 3. The van der Waals surface area contributed by atoms with Crippen molar-refractivity contribution in [2.24, 2.45) is 0 Å². The number of carbonyl (C=O) groups is 2. The molecule has 0 aromatic heterocycles.